The van der Waals surface area contributed by atoms with E-state index in [2.05, 4.69) is 30.0 Å². The Morgan fingerprint density at radius 1 is 1.43 bits per heavy atom. The van der Waals surface area contributed by atoms with Gasteiger partial charge >= 0.3 is 5.97 Å². The van der Waals surface area contributed by atoms with Gasteiger partial charge in [-0.15, -0.1) is 0 Å². The van der Waals surface area contributed by atoms with Gasteiger partial charge in [-0.3, -0.25) is 14.7 Å². The van der Waals surface area contributed by atoms with E-state index in [0.717, 1.165) is 25.7 Å². The second kappa shape index (κ2) is 7.03. The molecule has 1 aromatic heterocycles. The molecule has 1 fully saturated rings. The zero-order valence-electron chi connectivity index (χ0n) is 13.3. The van der Waals surface area contributed by atoms with Gasteiger partial charge in [0, 0.05) is 24.4 Å². The molecule has 4 heteroatoms. The van der Waals surface area contributed by atoms with E-state index >= 15 is 0 Å². The number of hydrogen-bond donors (Lipinski definition) is 0. The van der Waals surface area contributed by atoms with Crippen LogP contribution in [0.25, 0.3) is 0 Å². The Morgan fingerprint density at radius 3 is 2.67 bits per heavy atom. The van der Waals surface area contributed by atoms with E-state index in [1.807, 2.05) is 25.4 Å². The van der Waals surface area contributed by atoms with Crippen molar-refractivity contribution in [2.24, 2.45) is 5.92 Å². The molecular weight excluding hydrogens is 264 g/mol. The smallest absolute Gasteiger partial charge is 0.306 e. The highest BCUT2D eigenvalue weighted by molar-refractivity contribution is 5.69. The topological polar surface area (TPSA) is 42.4 Å². The Morgan fingerprint density at radius 2 is 2.14 bits per heavy atom. The van der Waals surface area contributed by atoms with E-state index in [1.54, 1.807) is 0 Å². The highest BCUT2D eigenvalue weighted by Gasteiger charge is 2.39. The van der Waals surface area contributed by atoms with E-state index in [1.165, 1.54) is 5.56 Å². The normalized spacial score (nSPS) is 25.8. The van der Waals surface area contributed by atoms with E-state index in [9.17, 15) is 4.79 Å². The van der Waals surface area contributed by atoms with Crippen LogP contribution in [0.5, 0.6) is 0 Å². The molecule has 0 spiro atoms. The second-order valence-electron chi connectivity index (χ2n) is 6.12. The molecule has 0 bridgehead atoms. The van der Waals surface area contributed by atoms with Crippen LogP contribution in [0.2, 0.25) is 0 Å². The van der Waals surface area contributed by atoms with Crippen LogP contribution in [0.1, 0.15) is 44.6 Å². The largest absolute Gasteiger partial charge is 0.466 e. The number of carbonyl (C=O) groups is 1. The molecule has 116 valence electrons. The summed E-state index contributed by atoms with van der Waals surface area (Å²) in [4.78, 5) is 18.2. The molecule has 0 aromatic carbocycles. The fourth-order valence-electron chi connectivity index (χ4n) is 3.45. The van der Waals surface area contributed by atoms with Crippen LogP contribution in [-0.4, -0.2) is 36.6 Å². The van der Waals surface area contributed by atoms with Gasteiger partial charge in [0.05, 0.1) is 6.61 Å². The molecule has 0 amide bonds. The van der Waals surface area contributed by atoms with Crippen molar-refractivity contribution in [2.45, 2.75) is 44.6 Å². The van der Waals surface area contributed by atoms with Crippen LogP contribution in [0, 0.1) is 5.92 Å². The standard InChI is InChI=1S/C17H26N2O2/c1-4-21-16(20)12-14-7-9-17(10-8-14,19(2)3)15-6-5-11-18-13-15/h5-6,11,13-14H,4,7-10,12H2,1-3H3. The van der Waals surface area contributed by atoms with Crippen molar-refractivity contribution in [1.82, 2.24) is 9.88 Å². The Balaban J connectivity index is 2.03. The summed E-state index contributed by atoms with van der Waals surface area (Å²) in [6, 6.07) is 4.17. The number of esters is 1. The molecule has 4 nitrogen and oxygen atoms in total. The molecule has 1 aliphatic carbocycles. The zero-order valence-corrected chi connectivity index (χ0v) is 13.3. The number of aromatic nitrogens is 1. The first-order valence-electron chi connectivity index (χ1n) is 7.82. The van der Waals surface area contributed by atoms with Gasteiger partial charge in [0.15, 0.2) is 0 Å². The SMILES string of the molecule is CCOC(=O)CC1CCC(c2cccnc2)(N(C)C)CC1. The van der Waals surface area contributed by atoms with Crippen LogP contribution in [-0.2, 0) is 15.1 Å². The maximum absolute atomic E-state index is 11.6. The number of carbonyl (C=O) groups excluding carboxylic acids is 1. The molecule has 21 heavy (non-hydrogen) atoms. The summed E-state index contributed by atoms with van der Waals surface area (Å²) >= 11 is 0. The molecule has 1 aliphatic rings. The average Bonchev–Trinajstić information content (AvgIpc) is 2.49. The highest BCUT2D eigenvalue weighted by Crippen LogP contribution is 2.43. The Hall–Kier alpha value is -1.42. The minimum atomic E-state index is -0.0544. The van der Waals surface area contributed by atoms with Crippen LogP contribution >= 0.6 is 0 Å². The van der Waals surface area contributed by atoms with Gasteiger partial charge in [-0.2, -0.15) is 0 Å². The van der Waals surface area contributed by atoms with E-state index in [-0.39, 0.29) is 11.5 Å². The van der Waals surface area contributed by atoms with Crippen LogP contribution in [0.15, 0.2) is 24.5 Å². The third-order valence-electron chi connectivity index (χ3n) is 4.75. The van der Waals surface area contributed by atoms with Crippen molar-refractivity contribution in [1.29, 1.82) is 0 Å². The van der Waals surface area contributed by atoms with Gasteiger partial charge in [-0.25, -0.2) is 0 Å². The zero-order chi connectivity index (χ0) is 15.3. The molecule has 1 saturated carbocycles. The quantitative estimate of drug-likeness (QED) is 0.782. The minimum absolute atomic E-state index is 0.0544. The lowest BCUT2D eigenvalue weighted by Crippen LogP contribution is -2.44. The molecule has 2 rings (SSSR count). The van der Waals surface area contributed by atoms with Crippen molar-refractivity contribution >= 4 is 5.97 Å². The molecule has 0 atom stereocenters. The monoisotopic (exact) mass is 290 g/mol. The molecule has 0 N–H and O–H groups in total. The average molecular weight is 290 g/mol. The fourth-order valence-corrected chi connectivity index (χ4v) is 3.45. The van der Waals surface area contributed by atoms with Crippen LogP contribution in [0.3, 0.4) is 0 Å². The van der Waals surface area contributed by atoms with E-state index < -0.39 is 0 Å². The maximum atomic E-state index is 11.6. The van der Waals surface area contributed by atoms with E-state index in [4.69, 9.17) is 4.74 Å². The van der Waals surface area contributed by atoms with Crippen molar-refractivity contribution in [2.75, 3.05) is 20.7 Å². The lowest BCUT2D eigenvalue weighted by atomic mass is 9.71. The van der Waals surface area contributed by atoms with Crippen molar-refractivity contribution in [3.63, 3.8) is 0 Å². The van der Waals surface area contributed by atoms with Gasteiger partial charge in [0.25, 0.3) is 0 Å². The number of ether oxygens (including phenoxy) is 1. The summed E-state index contributed by atoms with van der Waals surface area (Å²) in [5.74, 6) is 0.398. The van der Waals surface area contributed by atoms with Crippen molar-refractivity contribution in [3.8, 4) is 0 Å². The number of pyridine rings is 1. The minimum Gasteiger partial charge on any atom is -0.466 e. The van der Waals surface area contributed by atoms with Crippen molar-refractivity contribution in [3.05, 3.63) is 30.1 Å². The lowest BCUT2D eigenvalue weighted by molar-refractivity contribution is -0.144. The van der Waals surface area contributed by atoms with Crippen molar-refractivity contribution < 1.29 is 9.53 Å². The van der Waals surface area contributed by atoms with Crippen LogP contribution < -0.4 is 0 Å². The third-order valence-corrected chi connectivity index (χ3v) is 4.75. The van der Waals surface area contributed by atoms with Gasteiger partial charge in [0.2, 0.25) is 0 Å². The summed E-state index contributed by atoms with van der Waals surface area (Å²) < 4.78 is 5.07. The molecular formula is C17H26N2O2. The predicted octanol–water partition coefficient (Wildman–Crippen LogP) is 2.98. The summed E-state index contributed by atoms with van der Waals surface area (Å²) in [5, 5.41) is 0. The molecule has 1 aromatic rings. The predicted molar refractivity (Wildman–Crippen MR) is 82.8 cm³/mol. The Kier molecular flexibility index (Phi) is 5.34. The van der Waals surface area contributed by atoms with Gasteiger partial charge < -0.3 is 4.74 Å². The molecule has 0 aliphatic heterocycles. The Bertz CT molecular complexity index is 451. The van der Waals surface area contributed by atoms with E-state index in [0.29, 0.717) is 18.9 Å². The first kappa shape index (κ1) is 16.0. The second-order valence-corrected chi connectivity index (χ2v) is 6.12. The summed E-state index contributed by atoms with van der Waals surface area (Å²) in [5.41, 5.74) is 1.34. The number of nitrogens with zero attached hydrogens (tertiary/aromatic N) is 2. The summed E-state index contributed by atoms with van der Waals surface area (Å²) in [7, 11) is 4.28. The maximum Gasteiger partial charge on any atom is 0.306 e. The Labute approximate surface area is 127 Å². The van der Waals surface area contributed by atoms with Gasteiger partial charge in [0.1, 0.15) is 0 Å². The highest BCUT2D eigenvalue weighted by atomic mass is 16.5. The van der Waals surface area contributed by atoms with Crippen LogP contribution in [0.4, 0.5) is 0 Å². The molecule has 0 radical (unpaired) electrons. The fraction of sp³-hybridized carbons (Fsp3) is 0.647. The van der Waals surface area contributed by atoms with Gasteiger partial charge in [-0.1, -0.05) is 6.07 Å². The molecule has 1 heterocycles. The number of hydrogen-bond acceptors (Lipinski definition) is 4. The lowest BCUT2D eigenvalue weighted by Gasteiger charge is -2.45. The summed E-state index contributed by atoms with van der Waals surface area (Å²) in [6.07, 6.45) is 8.61. The first-order valence-corrected chi connectivity index (χ1v) is 7.82. The molecule has 0 saturated heterocycles. The third kappa shape index (κ3) is 3.62. The van der Waals surface area contributed by atoms with Gasteiger partial charge in [-0.05, 0) is 64.3 Å². The number of rotatable bonds is 5. The molecule has 0 unspecified atom stereocenters. The first-order chi connectivity index (χ1) is 10.1. The summed E-state index contributed by atoms with van der Waals surface area (Å²) in [6.45, 7) is 2.33.